The molecule has 0 saturated carbocycles. The molecule has 1 unspecified atom stereocenters. The van der Waals surface area contributed by atoms with Crippen molar-refractivity contribution in [2.75, 3.05) is 19.7 Å². The molecule has 1 aliphatic heterocycles. The zero-order valence-corrected chi connectivity index (χ0v) is 15.3. The van der Waals surface area contributed by atoms with Gasteiger partial charge in [0, 0.05) is 25.9 Å². The maximum absolute atomic E-state index is 12.1. The SMILES string of the molecule is CC(OCCC1CCN(C(=O)OC(C)(C)C)CC1)c1ccccn1. The Hall–Kier alpha value is -1.62. The van der Waals surface area contributed by atoms with Gasteiger partial charge in [0.25, 0.3) is 0 Å². The minimum atomic E-state index is -0.427. The first-order chi connectivity index (χ1) is 11.3. The van der Waals surface area contributed by atoms with Crippen molar-refractivity contribution >= 4 is 6.09 Å². The largest absolute Gasteiger partial charge is 0.444 e. The van der Waals surface area contributed by atoms with Crippen LogP contribution in [0.5, 0.6) is 0 Å². The lowest BCUT2D eigenvalue weighted by Crippen LogP contribution is -2.41. The van der Waals surface area contributed by atoms with Crippen LogP contribution in [0.3, 0.4) is 0 Å². The van der Waals surface area contributed by atoms with Gasteiger partial charge in [-0.25, -0.2) is 4.79 Å². The van der Waals surface area contributed by atoms with Gasteiger partial charge in [0.1, 0.15) is 5.60 Å². The van der Waals surface area contributed by atoms with Gasteiger partial charge in [-0.2, -0.15) is 0 Å². The molecule has 0 aliphatic carbocycles. The Morgan fingerprint density at radius 1 is 1.33 bits per heavy atom. The van der Waals surface area contributed by atoms with E-state index in [1.165, 1.54) is 0 Å². The number of piperidine rings is 1. The van der Waals surface area contributed by atoms with Crippen LogP contribution in [0.1, 0.15) is 58.8 Å². The second-order valence-electron chi connectivity index (χ2n) is 7.47. The highest BCUT2D eigenvalue weighted by Crippen LogP contribution is 2.23. The molecule has 0 bridgehead atoms. The van der Waals surface area contributed by atoms with Crippen LogP contribution in [-0.4, -0.2) is 41.3 Å². The first kappa shape index (κ1) is 18.7. The van der Waals surface area contributed by atoms with Crippen molar-refractivity contribution < 1.29 is 14.3 Å². The number of hydrogen-bond donors (Lipinski definition) is 0. The molecule has 134 valence electrons. The summed E-state index contributed by atoms with van der Waals surface area (Å²) in [6.45, 7) is 10.0. The van der Waals surface area contributed by atoms with Crippen LogP contribution < -0.4 is 0 Å². The molecule has 2 rings (SSSR count). The highest BCUT2D eigenvalue weighted by Gasteiger charge is 2.26. The van der Waals surface area contributed by atoms with E-state index in [-0.39, 0.29) is 12.2 Å². The highest BCUT2D eigenvalue weighted by atomic mass is 16.6. The number of pyridine rings is 1. The molecule has 5 heteroatoms. The molecular weight excluding hydrogens is 304 g/mol. The number of hydrogen-bond acceptors (Lipinski definition) is 4. The Bertz CT molecular complexity index is 505. The van der Waals surface area contributed by atoms with Gasteiger partial charge in [-0.05, 0) is 65.0 Å². The van der Waals surface area contributed by atoms with Gasteiger partial charge in [-0.1, -0.05) is 6.07 Å². The lowest BCUT2D eigenvalue weighted by Gasteiger charge is -2.33. The summed E-state index contributed by atoms with van der Waals surface area (Å²) in [5, 5.41) is 0. The molecule has 1 amide bonds. The van der Waals surface area contributed by atoms with Crippen LogP contribution in [0.2, 0.25) is 0 Å². The molecule has 0 N–H and O–H groups in total. The van der Waals surface area contributed by atoms with E-state index in [2.05, 4.69) is 4.98 Å². The number of carbonyl (C=O) groups excluding carboxylic acids is 1. The highest BCUT2D eigenvalue weighted by molar-refractivity contribution is 5.68. The first-order valence-corrected chi connectivity index (χ1v) is 8.85. The Morgan fingerprint density at radius 3 is 2.62 bits per heavy atom. The van der Waals surface area contributed by atoms with Gasteiger partial charge in [0.05, 0.1) is 11.8 Å². The summed E-state index contributed by atoms with van der Waals surface area (Å²) in [5.41, 5.74) is 0.542. The average molecular weight is 334 g/mol. The van der Waals surface area contributed by atoms with Crippen LogP contribution in [0, 0.1) is 5.92 Å². The molecule has 1 fully saturated rings. The monoisotopic (exact) mass is 334 g/mol. The third kappa shape index (κ3) is 6.11. The predicted molar refractivity (Wildman–Crippen MR) is 93.8 cm³/mol. The fourth-order valence-corrected chi connectivity index (χ4v) is 2.84. The third-order valence-electron chi connectivity index (χ3n) is 4.26. The number of likely N-dealkylation sites (tertiary alicyclic amines) is 1. The minimum Gasteiger partial charge on any atom is -0.444 e. The zero-order valence-electron chi connectivity index (χ0n) is 15.3. The molecule has 1 aromatic rings. The summed E-state index contributed by atoms with van der Waals surface area (Å²) in [7, 11) is 0. The number of amides is 1. The summed E-state index contributed by atoms with van der Waals surface area (Å²) >= 11 is 0. The summed E-state index contributed by atoms with van der Waals surface area (Å²) in [4.78, 5) is 18.2. The zero-order chi connectivity index (χ0) is 17.6. The normalized spacial score (nSPS) is 17.6. The molecule has 1 aliphatic rings. The van der Waals surface area contributed by atoms with Crippen molar-refractivity contribution in [3.63, 3.8) is 0 Å². The van der Waals surface area contributed by atoms with E-state index in [1.807, 2.05) is 50.8 Å². The molecular formula is C19H30N2O3. The second kappa shape index (κ2) is 8.47. The maximum atomic E-state index is 12.1. The lowest BCUT2D eigenvalue weighted by molar-refractivity contribution is 0.0142. The molecule has 1 aromatic heterocycles. The topological polar surface area (TPSA) is 51.7 Å². The van der Waals surface area contributed by atoms with Crippen molar-refractivity contribution in [2.24, 2.45) is 5.92 Å². The van der Waals surface area contributed by atoms with Crippen molar-refractivity contribution in [1.82, 2.24) is 9.88 Å². The molecule has 0 radical (unpaired) electrons. The Labute approximate surface area is 145 Å². The summed E-state index contributed by atoms with van der Waals surface area (Å²) in [6.07, 6.45) is 4.68. The number of nitrogens with zero attached hydrogens (tertiary/aromatic N) is 2. The number of rotatable bonds is 5. The number of aromatic nitrogens is 1. The van der Waals surface area contributed by atoms with E-state index in [1.54, 1.807) is 6.20 Å². The van der Waals surface area contributed by atoms with Crippen LogP contribution in [0.15, 0.2) is 24.4 Å². The third-order valence-corrected chi connectivity index (χ3v) is 4.26. The van der Waals surface area contributed by atoms with E-state index in [0.717, 1.165) is 44.7 Å². The fraction of sp³-hybridized carbons (Fsp3) is 0.684. The molecule has 1 atom stereocenters. The van der Waals surface area contributed by atoms with Crippen molar-refractivity contribution in [3.05, 3.63) is 30.1 Å². The summed E-state index contributed by atoms with van der Waals surface area (Å²) in [5.74, 6) is 0.611. The van der Waals surface area contributed by atoms with Gasteiger partial charge in [0.2, 0.25) is 0 Å². The maximum Gasteiger partial charge on any atom is 0.410 e. The quantitative estimate of drug-likeness (QED) is 0.810. The van der Waals surface area contributed by atoms with Crippen molar-refractivity contribution in [3.8, 4) is 0 Å². The van der Waals surface area contributed by atoms with E-state index in [0.29, 0.717) is 5.92 Å². The average Bonchev–Trinajstić information content (AvgIpc) is 2.54. The predicted octanol–water partition coefficient (Wildman–Crippen LogP) is 4.20. The fourth-order valence-electron chi connectivity index (χ4n) is 2.84. The van der Waals surface area contributed by atoms with E-state index < -0.39 is 5.60 Å². The van der Waals surface area contributed by atoms with Crippen LogP contribution in [0.25, 0.3) is 0 Å². The Morgan fingerprint density at radius 2 is 2.04 bits per heavy atom. The van der Waals surface area contributed by atoms with Gasteiger partial charge >= 0.3 is 6.09 Å². The Kier molecular flexibility index (Phi) is 6.60. The first-order valence-electron chi connectivity index (χ1n) is 8.85. The summed E-state index contributed by atoms with van der Waals surface area (Å²) in [6, 6.07) is 5.88. The van der Waals surface area contributed by atoms with Crippen LogP contribution >= 0.6 is 0 Å². The van der Waals surface area contributed by atoms with Crippen LogP contribution in [-0.2, 0) is 9.47 Å². The molecule has 24 heavy (non-hydrogen) atoms. The standard InChI is InChI=1S/C19H30N2O3/c1-15(17-7-5-6-11-20-17)23-14-10-16-8-12-21(13-9-16)18(22)24-19(2,3)4/h5-7,11,15-16H,8-10,12-14H2,1-4H3. The Balaban J connectivity index is 1.65. The van der Waals surface area contributed by atoms with E-state index in [9.17, 15) is 4.79 Å². The summed E-state index contributed by atoms with van der Waals surface area (Å²) < 4.78 is 11.3. The van der Waals surface area contributed by atoms with Gasteiger partial charge < -0.3 is 14.4 Å². The van der Waals surface area contributed by atoms with Crippen molar-refractivity contribution in [2.45, 2.75) is 58.7 Å². The second-order valence-corrected chi connectivity index (χ2v) is 7.47. The number of carbonyl (C=O) groups is 1. The van der Waals surface area contributed by atoms with Crippen molar-refractivity contribution in [1.29, 1.82) is 0 Å². The molecule has 1 saturated heterocycles. The van der Waals surface area contributed by atoms with E-state index in [4.69, 9.17) is 9.47 Å². The minimum absolute atomic E-state index is 0.0213. The van der Waals surface area contributed by atoms with Gasteiger partial charge in [-0.15, -0.1) is 0 Å². The molecule has 0 aromatic carbocycles. The van der Waals surface area contributed by atoms with Gasteiger partial charge in [-0.3, -0.25) is 4.98 Å². The lowest BCUT2D eigenvalue weighted by atomic mass is 9.94. The molecule has 0 spiro atoms. The van der Waals surface area contributed by atoms with Crippen LogP contribution in [0.4, 0.5) is 4.79 Å². The molecule has 2 heterocycles. The van der Waals surface area contributed by atoms with Gasteiger partial charge in [0.15, 0.2) is 0 Å². The number of ether oxygens (including phenoxy) is 2. The van der Waals surface area contributed by atoms with E-state index >= 15 is 0 Å². The molecule has 5 nitrogen and oxygen atoms in total. The smallest absolute Gasteiger partial charge is 0.410 e.